The molecule has 0 spiro atoms. The maximum atomic E-state index is 9.55. The van der Waals surface area contributed by atoms with Crippen molar-refractivity contribution in [3.63, 3.8) is 0 Å². The number of β-amino-alcohol motifs (C(OH)–C–C–N with tert-alkyl or cyclic N) is 2. The molecule has 16 heavy (non-hydrogen) atoms. The normalized spacial score (nSPS) is 45.5. The summed E-state index contributed by atoms with van der Waals surface area (Å²) in [6.07, 6.45) is 1.80. The van der Waals surface area contributed by atoms with E-state index < -0.39 is 12.2 Å². The van der Waals surface area contributed by atoms with Crippen molar-refractivity contribution in [2.45, 2.75) is 44.4 Å². The van der Waals surface area contributed by atoms with E-state index in [1.165, 1.54) is 0 Å². The molecule has 0 aromatic heterocycles. The van der Waals surface area contributed by atoms with Crippen LogP contribution in [-0.2, 0) is 0 Å². The van der Waals surface area contributed by atoms with Crippen LogP contribution in [0.5, 0.6) is 0 Å². The fraction of sp³-hybridized carbons (Fsp3) is 0.917. The van der Waals surface area contributed by atoms with Crippen molar-refractivity contribution >= 4 is 0 Å². The van der Waals surface area contributed by atoms with Crippen LogP contribution in [0.1, 0.15) is 26.2 Å². The Hall–Kier alpha value is -0.630. The average molecular weight is 224 g/mol. The molecule has 0 aromatic carbocycles. The van der Waals surface area contributed by atoms with Gasteiger partial charge < -0.3 is 10.2 Å². The molecule has 5 atom stereocenters. The smallest absolute Gasteiger partial charge is 0.0938 e. The minimum absolute atomic E-state index is 0.0636. The zero-order chi connectivity index (χ0) is 11.7. The monoisotopic (exact) mass is 224 g/mol. The van der Waals surface area contributed by atoms with Gasteiger partial charge in [0, 0.05) is 19.1 Å². The van der Waals surface area contributed by atoms with Gasteiger partial charge in [0.1, 0.15) is 0 Å². The molecular weight excluding hydrogens is 204 g/mol. The molecule has 1 aliphatic carbocycles. The first-order valence-electron chi connectivity index (χ1n) is 6.11. The fourth-order valence-electron chi connectivity index (χ4n) is 2.97. The third-order valence-corrected chi connectivity index (χ3v) is 4.00. The number of likely N-dealkylation sites (tertiary alicyclic amines) is 1. The zero-order valence-corrected chi connectivity index (χ0v) is 9.71. The minimum Gasteiger partial charge on any atom is -0.389 e. The summed E-state index contributed by atoms with van der Waals surface area (Å²) in [7, 11) is 0. The molecule has 2 fully saturated rings. The lowest BCUT2D eigenvalue weighted by atomic mass is 9.79. The van der Waals surface area contributed by atoms with Gasteiger partial charge in [-0.05, 0) is 25.2 Å². The highest BCUT2D eigenvalue weighted by Gasteiger charge is 2.39. The van der Waals surface area contributed by atoms with Gasteiger partial charge in [0.15, 0.2) is 0 Å². The Bertz CT molecular complexity index is 279. The molecular formula is C12H20N2O2. The Kier molecular flexibility index (Phi) is 3.48. The molecule has 2 aliphatic rings. The molecule has 1 saturated heterocycles. The molecule has 90 valence electrons. The maximum absolute atomic E-state index is 9.55. The summed E-state index contributed by atoms with van der Waals surface area (Å²) in [6.45, 7) is 3.23. The van der Waals surface area contributed by atoms with Crippen LogP contribution in [0.25, 0.3) is 0 Å². The van der Waals surface area contributed by atoms with Crippen LogP contribution in [0, 0.1) is 23.2 Å². The Morgan fingerprint density at radius 2 is 1.81 bits per heavy atom. The Morgan fingerprint density at radius 3 is 2.38 bits per heavy atom. The second-order valence-electron chi connectivity index (χ2n) is 5.31. The quantitative estimate of drug-likeness (QED) is 0.674. The van der Waals surface area contributed by atoms with Gasteiger partial charge in [-0.3, -0.25) is 4.90 Å². The molecule has 1 saturated carbocycles. The number of nitriles is 1. The second-order valence-corrected chi connectivity index (χ2v) is 5.31. The van der Waals surface area contributed by atoms with Crippen LogP contribution in [0.3, 0.4) is 0 Å². The largest absolute Gasteiger partial charge is 0.389 e. The number of rotatable bonds is 1. The summed E-state index contributed by atoms with van der Waals surface area (Å²) in [6, 6.07) is 2.60. The Balaban J connectivity index is 2.03. The van der Waals surface area contributed by atoms with Crippen molar-refractivity contribution in [1.29, 1.82) is 5.26 Å². The maximum Gasteiger partial charge on any atom is 0.0938 e. The van der Waals surface area contributed by atoms with Gasteiger partial charge in [-0.25, -0.2) is 0 Å². The standard InChI is InChI=1S/C12H20N2O2/c1-8-2-3-9(5-13)10(4-8)14-6-11(15)12(16)7-14/h8-12,15-16H,2-4,6-7H2,1H3. The van der Waals surface area contributed by atoms with Crippen molar-refractivity contribution < 1.29 is 10.2 Å². The lowest BCUT2D eigenvalue weighted by Crippen LogP contribution is -2.43. The van der Waals surface area contributed by atoms with Crippen LogP contribution in [0.2, 0.25) is 0 Å². The zero-order valence-electron chi connectivity index (χ0n) is 9.71. The lowest BCUT2D eigenvalue weighted by Gasteiger charge is -2.37. The molecule has 1 aliphatic heterocycles. The average Bonchev–Trinajstić information content (AvgIpc) is 2.59. The van der Waals surface area contributed by atoms with Crippen molar-refractivity contribution in [2.24, 2.45) is 11.8 Å². The van der Waals surface area contributed by atoms with Crippen molar-refractivity contribution in [3.05, 3.63) is 0 Å². The molecule has 4 nitrogen and oxygen atoms in total. The molecule has 0 amide bonds. The number of nitrogens with zero attached hydrogens (tertiary/aromatic N) is 2. The third-order valence-electron chi connectivity index (χ3n) is 4.00. The van der Waals surface area contributed by atoms with Crippen molar-refractivity contribution in [2.75, 3.05) is 13.1 Å². The molecule has 0 bridgehead atoms. The van der Waals surface area contributed by atoms with Gasteiger partial charge in [0.05, 0.1) is 24.2 Å². The molecule has 5 unspecified atom stereocenters. The minimum atomic E-state index is -0.642. The molecule has 4 heteroatoms. The van der Waals surface area contributed by atoms with Crippen LogP contribution in [0.15, 0.2) is 0 Å². The topological polar surface area (TPSA) is 67.5 Å². The van der Waals surface area contributed by atoms with Crippen molar-refractivity contribution in [1.82, 2.24) is 4.90 Å². The molecule has 0 radical (unpaired) electrons. The van der Waals surface area contributed by atoms with Crippen molar-refractivity contribution in [3.8, 4) is 6.07 Å². The first-order valence-corrected chi connectivity index (χ1v) is 6.11. The van der Waals surface area contributed by atoms with E-state index in [9.17, 15) is 10.2 Å². The van der Waals surface area contributed by atoms with E-state index in [1.54, 1.807) is 0 Å². The van der Waals surface area contributed by atoms with Gasteiger partial charge in [-0.1, -0.05) is 6.92 Å². The van der Waals surface area contributed by atoms with E-state index in [-0.39, 0.29) is 12.0 Å². The van der Waals surface area contributed by atoms with Crippen LogP contribution < -0.4 is 0 Å². The molecule has 1 heterocycles. The van der Waals surface area contributed by atoms with E-state index in [1.807, 2.05) is 0 Å². The molecule has 2 rings (SSSR count). The van der Waals surface area contributed by atoms with Crippen LogP contribution in [-0.4, -0.2) is 46.5 Å². The SMILES string of the molecule is CC1CCC(C#N)C(N2CC(O)C(O)C2)C1. The fourth-order valence-corrected chi connectivity index (χ4v) is 2.97. The Morgan fingerprint density at radius 1 is 1.19 bits per heavy atom. The summed E-state index contributed by atoms with van der Waals surface area (Å²) in [5.74, 6) is 0.707. The summed E-state index contributed by atoms with van der Waals surface area (Å²) in [5.41, 5.74) is 0. The van der Waals surface area contributed by atoms with Gasteiger partial charge >= 0.3 is 0 Å². The van der Waals surface area contributed by atoms with Crippen LogP contribution >= 0.6 is 0 Å². The van der Waals surface area contributed by atoms with E-state index >= 15 is 0 Å². The summed E-state index contributed by atoms with van der Waals surface area (Å²) < 4.78 is 0. The highest BCUT2D eigenvalue weighted by molar-refractivity contribution is 5.00. The Labute approximate surface area is 96.5 Å². The van der Waals surface area contributed by atoms with E-state index in [0.29, 0.717) is 19.0 Å². The van der Waals surface area contributed by atoms with E-state index in [0.717, 1.165) is 19.3 Å². The predicted molar refractivity (Wildman–Crippen MR) is 59.5 cm³/mol. The van der Waals surface area contributed by atoms with Gasteiger partial charge in [0.2, 0.25) is 0 Å². The highest BCUT2D eigenvalue weighted by atomic mass is 16.3. The molecule has 2 N–H and O–H groups in total. The summed E-state index contributed by atoms with van der Waals surface area (Å²) >= 11 is 0. The van der Waals surface area contributed by atoms with Gasteiger partial charge in [0.25, 0.3) is 0 Å². The number of hydrogen-bond acceptors (Lipinski definition) is 4. The van der Waals surface area contributed by atoms with E-state index in [2.05, 4.69) is 17.9 Å². The van der Waals surface area contributed by atoms with Crippen LogP contribution in [0.4, 0.5) is 0 Å². The lowest BCUT2D eigenvalue weighted by molar-refractivity contribution is 0.0572. The van der Waals surface area contributed by atoms with Gasteiger partial charge in [-0.15, -0.1) is 0 Å². The highest BCUT2D eigenvalue weighted by Crippen LogP contribution is 2.33. The molecule has 0 aromatic rings. The number of aliphatic hydroxyl groups excluding tert-OH is 2. The first kappa shape index (κ1) is 11.8. The predicted octanol–water partition coefficient (Wildman–Crippen LogP) is 0.352. The summed E-state index contributed by atoms with van der Waals surface area (Å²) in [4.78, 5) is 2.10. The van der Waals surface area contributed by atoms with E-state index in [4.69, 9.17) is 5.26 Å². The second kappa shape index (κ2) is 4.70. The summed E-state index contributed by atoms with van der Waals surface area (Å²) in [5, 5.41) is 28.2. The van der Waals surface area contributed by atoms with Gasteiger partial charge in [-0.2, -0.15) is 5.26 Å². The third kappa shape index (κ3) is 2.22. The number of hydrogen-bond donors (Lipinski definition) is 2. The first-order chi connectivity index (χ1) is 7.61. The number of aliphatic hydroxyl groups is 2.